The van der Waals surface area contributed by atoms with Gasteiger partial charge in [-0.25, -0.2) is 4.79 Å². The standard InChI is InChI=1S/C28H32N2O5/c31-26(30-19-13-12-17(14-19)27(32)33)20-11-5-6-18(20)15-29-28(34)35-16-25-23-9-3-1-7-21(23)22-8-2-4-10-24(22)25/h1-4,7-10,17-20,25H,5-6,11-16H2,(H,29,34)(H,30,31)(H,32,33)/t17-,18?,19+,20?/m1/s1. The molecule has 7 heteroatoms. The van der Waals surface area contributed by atoms with Crippen molar-refractivity contribution in [2.24, 2.45) is 17.8 Å². The van der Waals surface area contributed by atoms with Gasteiger partial charge >= 0.3 is 12.1 Å². The number of benzene rings is 2. The van der Waals surface area contributed by atoms with Crippen molar-refractivity contribution in [3.8, 4) is 11.1 Å². The molecular formula is C28H32N2O5. The fourth-order valence-corrected chi connectivity index (χ4v) is 6.14. The number of carboxylic acids is 1. The van der Waals surface area contributed by atoms with E-state index >= 15 is 0 Å². The molecule has 5 rings (SSSR count). The third-order valence-electron chi connectivity index (χ3n) is 7.98. The van der Waals surface area contributed by atoms with Crippen molar-refractivity contribution in [1.82, 2.24) is 10.6 Å². The quantitative estimate of drug-likeness (QED) is 0.552. The smallest absolute Gasteiger partial charge is 0.407 e. The van der Waals surface area contributed by atoms with Crippen LogP contribution in [0.4, 0.5) is 4.79 Å². The Morgan fingerprint density at radius 2 is 1.60 bits per heavy atom. The van der Waals surface area contributed by atoms with Gasteiger partial charge in [-0.3, -0.25) is 9.59 Å². The van der Waals surface area contributed by atoms with Gasteiger partial charge in [-0.1, -0.05) is 55.0 Å². The van der Waals surface area contributed by atoms with E-state index in [1.165, 1.54) is 22.3 Å². The Labute approximate surface area is 205 Å². The Morgan fingerprint density at radius 1 is 0.914 bits per heavy atom. The van der Waals surface area contributed by atoms with Gasteiger partial charge < -0.3 is 20.5 Å². The van der Waals surface area contributed by atoms with Gasteiger partial charge in [0.15, 0.2) is 0 Å². The third kappa shape index (κ3) is 4.90. The maximum Gasteiger partial charge on any atom is 0.407 e. The van der Waals surface area contributed by atoms with Crippen molar-refractivity contribution in [2.45, 2.75) is 50.5 Å². The Hall–Kier alpha value is -3.35. The molecule has 0 aromatic heterocycles. The van der Waals surface area contributed by atoms with E-state index in [2.05, 4.69) is 34.9 Å². The summed E-state index contributed by atoms with van der Waals surface area (Å²) >= 11 is 0. The zero-order chi connectivity index (χ0) is 24.4. The first kappa shape index (κ1) is 23.4. The zero-order valence-corrected chi connectivity index (χ0v) is 19.7. The van der Waals surface area contributed by atoms with E-state index in [0.717, 1.165) is 19.3 Å². The molecule has 0 heterocycles. The fraction of sp³-hybridized carbons (Fsp3) is 0.464. The van der Waals surface area contributed by atoms with E-state index in [-0.39, 0.29) is 42.2 Å². The third-order valence-corrected chi connectivity index (χ3v) is 7.98. The lowest BCUT2D eigenvalue weighted by Crippen LogP contribution is -2.41. The molecule has 0 aliphatic heterocycles. The minimum absolute atomic E-state index is 0.0131. The SMILES string of the molecule is O=C(NCC1CCCC1C(=O)N[C@H]1CC[C@@H](C(=O)O)C1)OCC1c2ccccc2-c2ccccc21. The number of carbonyl (C=O) groups is 3. The molecule has 2 aromatic carbocycles. The van der Waals surface area contributed by atoms with Crippen LogP contribution in [0.5, 0.6) is 0 Å². The van der Waals surface area contributed by atoms with Crippen LogP contribution in [0.3, 0.4) is 0 Å². The average Bonchev–Trinajstić information content (AvgIpc) is 3.59. The van der Waals surface area contributed by atoms with Gasteiger partial charge in [-0.15, -0.1) is 0 Å². The van der Waals surface area contributed by atoms with E-state index in [9.17, 15) is 19.5 Å². The van der Waals surface area contributed by atoms with E-state index in [4.69, 9.17) is 4.74 Å². The molecule has 7 nitrogen and oxygen atoms in total. The Balaban J connectivity index is 1.12. The first-order valence-corrected chi connectivity index (χ1v) is 12.6. The summed E-state index contributed by atoms with van der Waals surface area (Å²) in [4.78, 5) is 36.6. The number of rotatable bonds is 7. The van der Waals surface area contributed by atoms with Gasteiger partial charge in [-0.05, 0) is 60.3 Å². The van der Waals surface area contributed by atoms with Crippen molar-refractivity contribution in [3.63, 3.8) is 0 Å². The number of ether oxygens (including phenoxy) is 1. The molecule has 2 amide bonds. The van der Waals surface area contributed by atoms with Gasteiger partial charge in [0.05, 0.1) is 5.92 Å². The minimum atomic E-state index is -0.784. The molecule has 184 valence electrons. The van der Waals surface area contributed by atoms with Crippen molar-refractivity contribution < 1.29 is 24.2 Å². The molecular weight excluding hydrogens is 444 g/mol. The Bertz CT molecular complexity index is 1070. The molecule has 0 spiro atoms. The van der Waals surface area contributed by atoms with E-state index in [1.807, 2.05) is 24.3 Å². The molecule has 2 fully saturated rings. The normalized spacial score (nSPS) is 25.0. The summed E-state index contributed by atoms with van der Waals surface area (Å²) in [6.07, 6.45) is 3.96. The highest BCUT2D eigenvalue weighted by Crippen LogP contribution is 2.44. The highest BCUT2D eigenvalue weighted by atomic mass is 16.5. The predicted octanol–water partition coefficient (Wildman–Crippen LogP) is 4.31. The van der Waals surface area contributed by atoms with Crippen molar-refractivity contribution in [2.75, 3.05) is 13.2 Å². The molecule has 4 atom stereocenters. The second-order valence-electron chi connectivity index (χ2n) is 10.1. The highest BCUT2D eigenvalue weighted by molar-refractivity contribution is 5.80. The highest BCUT2D eigenvalue weighted by Gasteiger charge is 2.37. The van der Waals surface area contributed by atoms with Crippen LogP contribution in [0.1, 0.15) is 55.6 Å². The first-order chi connectivity index (χ1) is 17.0. The summed E-state index contributed by atoms with van der Waals surface area (Å²) in [7, 11) is 0. The number of alkyl carbamates (subject to hydrolysis) is 1. The van der Waals surface area contributed by atoms with Crippen LogP contribution in [0.25, 0.3) is 11.1 Å². The summed E-state index contributed by atoms with van der Waals surface area (Å²) in [6, 6.07) is 16.4. The van der Waals surface area contributed by atoms with Crippen LogP contribution in [-0.4, -0.2) is 42.3 Å². The van der Waals surface area contributed by atoms with Gasteiger partial charge in [0.1, 0.15) is 6.61 Å². The lowest BCUT2D eigenvalue weighted by molar-refractivity contribution is -0.141. The first-order valence-electron chi connectivity index (χ1n) is 12.6. The molecule has 3 N–H and O–H groups in total. The molecule has 2 aromatic rings. The summed E-state index contributed by atoms with van der Waals surface area (Å²) in [6.45, 7) is 0.665. The predicted molar refractivity (Wildman–Crippen MR) is 131 cm³/mol. The van der Waals surface area contributed by atoms with E-state index in [1.54, 1.807) is 0 Å². The number of nitrogens with one attached hydrogen (secondary N) is 2. The van der Waals surface area contributed by atoms with Crippen LogP contribution >= 0.6 is 0 Å². The molecule has 3 aliphatic carbocycles. The van der Waals surface area contributed by atoms with Gasteiger partial charge in [0.2, 0.25) is 5.91 Å². The molecule has 0 bridgehead atoms. The topological polar surface area (TPSA) is 105 Å². The Morgan fingerprint density at radius 3 is 2.26 bits per heavy atom. The van der Waals surface area contributed by atoms with E-state index in [0.29, 0.717) is 25.8 Å². The van der Waals surface area contributed by atoms with E-state index < -0.39 is 12.1 Å². The lowest BCUT2D eigenvalue weighted by atomic mass is 9.94. The number of carbonyl (C=O) groups excluding carboxylic acids is 2. The number of amides is 2. The summed E-state index contributed by atoms with van der Waals surface area (Å²) in [5.74, 6) is -1.25. The van der Waals surface area contributed by atoms with Crippen LogP contribution < -0.4 is 10.6 Å². The second kappa shape index (κ2) is 10.1. The minimum Gasteiger partial charge on any atom is -0.481 e. The summed E-state index contributed by atoms with van der Waals surface area (Å²) in [5, 5.41) is 15.1. The maximum atomic E-state index is 12.9. The van der Waals surface area contributed by atoms with Gasteiger partial charge in [0, 0.05) is 24.4 Å². The second-order valence-corrected chi connectivity index (χ2v) is 10.1. The number of hydrogen-bond donors (Lipinski definition) is 3. The number of aliphatic carboxylic acids is 1. The summed E-state index contributed by atoms with van der Waals surface area (Å²) < 4.78 is 5.63. The zero-order valence-electron chi connectivity index (χ0n) is 19.7. The molecule has 0 radical (unpaired) electrons. The van der Waals surface area contributed by atoms with Crippen LogP contribution in [0, 0.1) is 17.8 Å². The molecule has 0 saturated heterocycles. The summed E-state index contributed by atoms with van der Waals surface area (Å²) in [5.41, 5.74) is 4.72. The number of carboxylic acid groups (broad SMARTS) is 1. The monoisotopic (exact) mass is 476 g/mol. The number of hydrogen-bond acceptors (Lipinski definition) is 4. The Kier molecular flexibility index (Phi) is 6.75. The van der Waals surface area contributed by atoms with Crippen molar-refractivity contribution >= 4 is 18.0 Å². The van der Waals surface area contributed by atoms with Crippen LogP contribution in [0.2, 0.25) is 0 Å². The lowest BCUT2D eigenvalue weighted by Gasteiger charge is -2.22. The van der Waals surface area contributed by atoms with Crippen molar-refractivity contribution in [1.29, 1.82) is 0 Å². The molecule has 2 unspecified atom stereocenters. The van der Waals surface area contributed by atoms with Gasteiger partial charge in [-0.2, -0.15) is 0 Å². The fourth-order valence-electron chi connectivity index (χ4n) is 6.14. The van der Waals surface area contributed by atoms with Crippen molar-refractivity contribution in [3.05, 3.63) is 59.7 Å². The van der Waals surface area contributed by atoms with Crippen LogP contribution in [-0.2, 0) is 14.3 Å². The average molecular weight is 477 g/mol. The largest absolute Gasteiger partial charge is 0.481 e. The molecule has 2 saturated carbocycles. The number of fused-ring (bicyclic) bond motifs is 3. The molecule has 3 aliphatic rings. The maximum absolute atomic E-state index is 12.9. The molecule has 35 heavy (non-hydrogen) atoms. The van der Waals surface area contributed by atoms with Gasteiger partial charge in [0.25, 0.3) is 0 Å². The van der Waals surface area contributed by atoms with Crippen LogP contribution in [0.15, 0.2) is 48.5 Å².